The maximum atomic E-state index is 12.5. The lowest BCUT2D eigenvalue weighted by atomic mass is 10.00. The summed E-state index contributed by atoms with van der Waals surface area (Å²) >= 11 is 0. The molecule has 1 aliphatic rings. The number of nitrogens with zero attached hydrogens (tertiary/aromatic N) is 1. The van der Waals surface area contributed by atoms with Crippen LogP contribution in [0.2, 0.25) is 0 Å². The zero-order valence-corrected chi connectivity index (χ0v) is 15.5. The molecule has 0 spiro atoms. The van der Waals surface area contributed by atoms with Crippen LogP contribution in [0.3, 0.4) is 0 Å². The zero-order valence-electron chi connectivity index (χ0n) is 15.5. The van der Waals surface area contributed by atoms with Gasteiger partial charge < -0.3 is 10.2 Å². The van der Waals surface area contributed by atoms with E-state index in [9.17, 15) is 9.59 Å². The van der Waals surface area contributed by atoms with Crippen LogP contribution in [0, 0.1) is 0 Å². The molecule has 0 radical (unpaired) electrons. The lowest BCUT2D eigenvalue weighted by Gasteiger charge is -2.29. The zero-order chi connectivity index (χ0) is 18.5. The van der Waals surface area contributed by atoms with Gasteiger partial charge in [0.1, 0.15) is 0 Å². The number of fused-ring (bicyclic) bond motifs is 1. The van der Waals surface area contributed by atoms with Gasteiger partial charge in [0.15, 0.2) is 0 Å². The molecule has 2 amide bonds. The molecule has 0 unspecified atom stereocenters. The quantitative estimate of drug-likeness (QED) is 0.829. The maximum Gasteiger partial charge on any atom is 0.255 e. The number of benzene rings is 2. The first-order valence-corrected chi connectivity index (χ1v) is 9.46. The second kappa shape index (κ2) is 8.17. The van der Waals surface area contributed by atoms with Crippen LogP contribution in [-0.2, 0) is 17.6 Å². The van der Waals surface area contributed by atoms with E-state index in [1.165, 1.54) is 5.56 Å². The summed E-state index contributed by atoms with van der Waals surface area (Å²) in [5.41, 5.74) is 4.78. The molecule has 1 heterocycles. The standard InChI is InChI=1S/C22H26N2O2/c1-3-5-16-6-8-17(9-7-16)22(26)23-19-11-12-20-18(15-19)10-13-21(25)24(20)14-4-2/h6-9,11-12,15H,3-5,10,13-14H2,1-2H3,(H,23,26). The number of anilines is 2. The summed E-state index contributed by atoms with van der Waals surface area (Å²) in [4.78, 5) is 26.5. The van der Waals surface area contributed by atoms with Crippen molar-refractivity contribution in [1.82, 2.24) is 0 Å². The molecule has 0 saturated carbocycles. The van der Waals surface area contributed by atoms with Gasteiger partial charge in [0.05, 0.1) is 0 Å². The van der Waals surface area contributed by atoms with Gasteiger partial charge in [0.2, 0.25) is 5.91 Å². The van der Waals surface area contributed by atoms with E-state index < -0.39 is 0 Å². The van der Waals surface area contributed by atoms with Gasteiger partial charge in [0, 0.05) is 29.9 Å². The Kier molecular flexibility index (Phi) is 5.71. The Morgan fingerprint density at radius 3 is 2.50 bits per heavy atom. The van der Waals surface area contributed by atoms with Gasteiger partial charge in [0.25, 0.3) is 5.91 Å². The number of carbonyl (C=O) groups is 2. The van der Waals surface area contributed by atoms with Crippen LogP contribution in [0.5, 0.6) is 0 Å². The lowest BCUT2D eigenvalue weighted by Crippen LogP contribution is -2.35. The fourth-order valence-electron chi connectivity index (χ4n) is 3.42. The molecule has 1 aliphatic heterocycles. The van der Waals surface area contributed by atoms with E-state index in [1.54, 1.807) is 0 Å². The smallest absolute Gasteiger partial charge is 0.255 e. The number of rotatable bonds is 6. The van der Waals surface area contributed by atoms with Crippen LogP contribution >= 0.6 is 0 Å². The highest BCUT2D eigenvalue weighted by Gasteiger charge is 2.23. The van der Waals surface area contributed by atoms with Crippen LogP contribution in [-0.4, -0.2) is 18.4 Å². The van der Waals surface area contributed by atoms with Gasteiger partial charge in [-0.25, -0.2) is 0 Å². The molecule has 0 aromatic heterocycles. The average molecular weight is 350 g/mol. The van der Waals surface area contributed by atoms with Crippen LogP contribution in [0.4, 0.5) is 11.4 Å². The summed E-state index contributed by atoms with van der Waals surface area (Å²) in [6, 6.07) is 13.6. The predicted octanol–water partition coefficient (Wildman–Crippen LogP) is 4.58. The molecule has 26 heavy (non-hydrogen) atoms. The molecule has 2 aromatic rings. The van der Waals surface area contributed by atoms with Crippen molar-refractivity contribution in [2.75, 3.05) is 16.8 Å². The second-order valence-corrected chi connectivity index (χ2v) is 6.79. The Hall–Kier alpha value is -2.62. The van der Waals surface area contributed by atoms with E-state index in [4.69, 9.17) is 0 Å². The van der Waals surface area contributed by atoms with Crippen molar-refractivity contribution < 1.29 is 9.59 Å². The summed E-state index contributed by atoms with van der Waals surface area (Å²) in [7, 11) is 0. The Labute approximate surface area is 155 Å². The molecule has 0 saturated heterocycles. The third kappa shape index (κ3) is 3.96. The summed E-state index contributed by atoms with van der Waals surface area (Å²) in [5, 5.41) is 2.98. The predicted molar refractivity (Wildman–Crippen MR) is 106 cm³/mol. The highest BCUT2D eigenvalue weighted by atomic mass is 16.2. The molecule has 0 aliphatic carbocycles. The maximum absolute atomic E-state index is 12.5. The minimum Gasteiger partial charge on any atom is -0.322 e. The third-order valence-electron chi connectivity index (χ3n) is 4.74. The van der Waals surface area contributed by atoms with E-state index in [0.717, 1.165) is 49.2 Å². The molecule has 0 bridgehead atoms. The van der Waals surface area contributed by atoms with E-state index >= 15 is 0 Å². The Balaban J connectivity index is 1.74. The Morgan fingerprint density at radius 1 is 1.04 bits per heavy atom. The van der Waals surface area contributed by atoms with Gasteiger partial charge in [-0.15, -0.1) is 0 Å². The number of hydrogen-bond acceptors (Lipinski definition) is 2. The molecule has 3 rings (SSSR count). The topological polar surface area (TPSA) is 49.4 Å². The molecule has 0 fully saturated rings. The van der Waals surface area contributed by atoms with Crippen molar-refractivity contribution in [2.24, 2.45) is 0 Å². The first kappa shape index (κ1) is 18.2. The normalized spacial score (nSPS) is 13.5. The fraction of sp³-hybridized carbons (Fsp3) is 0.364. The Bertz CT molecular complexity index is 796. The minimum atomic E-state index is -0.106. The first-order valence-electron chi connectivity index (χ1n) is 9.46. The van der Waals surface area contributed by atoms with Gasteiger partial charge in [-0.05, 0) is 60.7 Å². The highest BCUT2D eigenvalue weighted by Crippen LogP contribution is 2.30. The Morgan fingerprint density at radius 2 is 1.81 bits per heavy atom. The molecule has 1 N–H and O–H groups in total. The SMILES string of the molecule is CCCc1ccc(C(=O)Nc2ccc3c(c2)CCC(=O)N3CCC)cc1. The van der Waals surface area contributed by atoms with Crippen LogP contribution < -0.4 is 10.2 Å². The molecule has 4 heteroatoms. The number of nitrogens with one attached hydrogen (secondary N) is 1. The molecule has 2 aromatic carbocycles. The van der Waals surface area contributed by atoms with Crippen LogP contribution in [0.25, 0.3) is 0 Å². The third-order valence-corrected chi connectivity index (χ3v) is 4.74. The summed E-state index contributed by atoms with van der Waals surface area (Å²) < 4.78 is 0. The van der Waals surface area contributed by atoms with Crippen molar-refractivity contribution >= 4 is 23.2 Å². The molecular weight excluding hydrogens is 324 g/mol. The fourth-order valence-corrected chi connectivity index (χ4v) is 3.42. The second-order valence-electron chi connectivity index (χ2n) is 6.79. The molecule has 0 atom stereocenters. The largest absolute Gasteiger partial charge is 0.322 e. The van der Waals surface area contributed by atoms with E-state index in [1.807, 2.05) is 47.4 Å². The molecule has 136 valence electrons. The van der Waals surface area contributed by atoms with Crippen molar-refractivity contribution in [1.29, 1.82) is 0 Å². The van der Waals surface area contributed by atoms with Crippen molar-refractivity contribution in [3.05, 3.63) is 59.2 Å². The van der Waals surface area contributed by atoms with Crippen molar-refractivity contribution in [3.8, 4) is 0 Å². The summed E-state index contributed by atoms with van der Waals surface area (Å²) in [6.07, 6.45) is 4.31. The van der Waals surface area contributed by atoms with Gasteiger partial charge in [-0.3, -0.25) is 9.59 Å². The van der Waals surface area contributed by atoms with Gasteiger partial charge >= 0.3 is 0 Å². The van der Waals surface area contributed by atoms with E-state index in [0.29, 0.717) is 12.0 Å². The number of carbonyl (C=O) groups excluding carboxylic acids is 2. The van der Waals surface area contributed by atoms with Crippen LogP contribution in [0.15, 0.2) is 42.5 Å². The summed E-state index contributed by atoms with van der Waals surface area (Å²) in [5.74, 6) is 0.0774. The van der Waals surface area contributed by atoms with Crippen molar-refractivity contribution in [3.63, 3.8) is 0 Å². The number of aryl methyl sites for hydroxylation is 2. The van der Waals surface area contributed by atoms with E-state index in [-0.39, 0.29) is 11.8 Å². The highest BCUT2D eigenvalue weighted by molar-refractivity contribution is 6.04. The lowest BCUT2D eigenvalue weighted by molar-refractivity contribution is -0.118. The number of amides is 2. The summed E-state index contributed by atoms with van der Waals surface area (Å²) in [6.45, 7) is 4.95. The van der Waals surface area contributed by atoms with Crippen LogP contribution in [0.1, 0.15) is 54.6 Å². The van der Waals surface area contributed by atoms with Gasteiger partial charge in [-0.1, -0.05) is 32.4 Å². The molecule has 4 nitrogen and oxygen atoms in total. The number of hydrogen-bond donors (Lipinski definition) is 1. The van der Waals surface area contributed by atoms with Crippen molar-refractivity contribution in [2.45, 2.75) is 46.0 Å². The van der Waals surface area contributed by atoms with Gasteiger partial charge in [-0.2, -0.15) is 0 Å². The average Bonchev–Trinajstić information content (AvgIpc) is 2.65. The first-order chi connectivity index (χ1) is 12.6. The van der Waals surface area contributed by atoms with E-state index in [2.05, 4.69) is 19.2 Å². The monoisotopic (exact) mass is 350 g/mol. The minimum absolute atomic E-state index is 0.106. The molecular formula is C22H26N2O2.